The van der Waals surface area contributed by atoms with Crippen molar-refractivity contribution in [1.82, 2.24) is 4.90 Å². The third-order valence-electron chi connectivity index (χ3n) is 9.45. The quantitative estimate of drug-likeness (QED) is 0.156. The Morgan fingerprint density at radius 1 is 0.759 bits per heavy atom. The molecule has 54 heavy (non-hydrogen) atoms. The number of hydrogen-bond acceptors (Lipinski definition) is 15. The zero-order valence-corrected chi connectivity index (χ0v) is 32.7. The van der Waals surface area contributed by atoms with Crippen molar-refractivity contribution in [3.63, 3.8) is 0 Å². The Balaban J connectivity index is 2.13. The zero-order chi connectivity index (χ0) is 40.2. The van der Waals surface area contributed by atoms with E-state index in [1.165, 1.54) is 35.4 Å². The van der Waals surface area contributed by atoms with Crippen molar-refractivity contribution in [2.75, 3.05) is 48.6 Å². The standard InChI is InChI=1S/C39H52N2O13/c1-23(2)39(22-40,28-13-15-30(47-7)32(21-28)49-9)17-11-18-41(19-16-27-12-14-29(46-6)31(20-27)48-8)37-35(53-26(5)44)33(51-24(3)42)34(52-25(4)43)36(54-37)38(45)50-10/h12-15,20-21,23,33-37H,11,16-19H2,1-10H3/t33-,34-,35+,36-,37+,39?/m0/s1. The van der Waals surface area contributed by atoms with Crippen LogP contribution in [0.25, 0.3) is 0 Å². The van der Waals surface area contributed by atoms with E-state index in [4.69, 9.17) is 42.6 Å². The molecule has 0 bridgehead atoms. The fourth-order valence-corrected chi connectivity index (χ4v) is 6.76. The molecule has 2 aromatic rings. The smallest absolute Gasteiger partial charge is 0.339 e. The normalized spacial score (nSPS) is 20.5. The summed E-state index contributed by atoms with van der Waals surface area (Å²) in [6.45, 7) is 7.88. The summed E-state index contributed by atoms with van der Waals surface area (Å²) in [5.41, 5.74) is 0.633. The van der Waals surface area contributed by atoms with E-state index in [0.717, 1.165) is 32.1 Å². The summed E-state index contributed by atoms with van der Waals surface area (Å²) < 4.78 is 50.2. The number of carbonyl (C=O) groups is 4. The SMILES string of the molecule is COC(=O)[C@H]1O[C@@H](N(CCCC(C#N)(c2ccc(OC)c(OC)c2)C(C)C)CCc2ccc(OC)c(OC)c2)[C@H](OC(C)=O)[C@@H](OC(C)=O)[C@@H]1OC(C)=O. The molecule has 1 unspecified atom stereocenters. The maximum absolute atomic E-state index is 13.2. The summed E-state index contributed by atoms with van der Waals surface area (Å²) in [5, 5.41) is 10.8. The highest BCUT2D eigenvalue weighted by atomic mass is 16.7. The van der Waals surface area contributed by atoms with Crippen LogP contribution in [0.3, 0.4) is 0 Å². The van der Waals surface area contributed by atoms with Gasteiger partial charge in [-0.15, -0.1) is 0 Å². The van der Waals surface area contributed by atoms with Crippen LogP contribution in [-0.2, 0) is 54.7 Å². The molecule has 1 fully saturated rings. The number of esters is 4. The highest BCUT2D eigenvalue weighted by Crippen LogP contribution is 2.41. The van der Waals surface area contributed by atoms with Crippen LogP contribution >= 0.6 is 0 Å². The van der Waals surface area contributed by atoms with Crippen molar-refractivity contribution in [2.45, 2.75) is 89.9 Å². The second kappa shape index (κ2) is 19.8. The first-order valence-corrected chi connectivity index (χ1v) is 17.5. The maximum Gasteiger partial charge on any atom is 0.339 e. The van der Waals surface area contributed by atoms with Crippen molar-refractivity contribution in [3.8, 4) is 29.1 Å². The molecule has 0 aliphatic carbocycles. The third-order valence-corrected chi connectivity index (χ3v) is 9.45. The first kappa shape index (κ1) is 43.3. The summed E-state index contributed by atoms with van der Waals surface area (Å²) in [5.74, 6) is -1.27. The lowest BCUT2D eigenvalue weighted by Crippen LogP contribution is -2.67. The molecular formula is C39H52N2O13. The molecule has 6 atom stereocenters. The number of ether oxygens (including phenoxy) is 9. The number of nitrogens with zero attached hydrogens (tertiary/aromatic N) is 2. The lowest BCUT2D eigenvalue weighted by Gasteiger charge is -2.47. The molecule has 0 spiro atoms. The Bertz CT molecular complexity index is 1660. The van der Waals surface area contributed by atoms with Crippen LogP contribution in [0.1, 0.15) is 58.6 Å². The largest absolute Gasteiger partial charge is 0.493 e. The number of methoxy groups -OCH3 is 5. The summed E-state index contributed by atoms with van der Waals surface area (Å²) in [7, 11) is 7.28. The molecule has 0 amide bonds. The summed E-state index contributed by atoms with van der Waals surface area (Å²) in [4.78, 5) is 52.4. The number of benzene rings is 2. The fraction of sp³-hybridized carbons (Fsp3) is 0.564. The molecule has 0 N–H and O–H groups in total. The molecule has 15 heteroatoms. The monoisotopic (exact) mass is 756 g/mol. The zero-order valence-electron chi connectivity index (χ0n) is 32.7. The van der Waals surface area contributed by atoms with Gasteiger partial charge >= 0.3 is 23.9 Å². The summed E-state index contributed by atoms with van der Waals surface area (Å²) in [6.07, 6.45) is -5.92. The molecule has 1 aliphatic rings. The van der Waals surface area contributed by atoms with Gasteiger partial charge in [0.15, 0.2) is 53.6 Å². The van der Waals surface area contributed by atoms with Crippen LogP contribution in [0.4, 0.5) is 0 Å². The molecule has 1 aliphatic heterocycles. The Morgan fingerprint density at radius 2 is 1.30 bits per heavy atom. The van der Waals surface area contributed by atoms with Gasteiger partial charge in [-0.25, -0.2) is 4.79 Å². The van der Waals surface area contributed by atoms with Crippen molar-refractivity contribution in [1.29, 1.82) is 5.26 Å². The van der Waals surface area contributed by atoms with Crippen LogP contribution in [0.2, 0.25) is 0 Å². The topological polar surface area (TPSA) is 178 Å². The van der Waals surface area contributed by atoms with Crippen LogP contribution < -0.4 is 18.9 Å². The summed E-state index contributed by atoms with van der Waals surface area (Å²) >= 11 is 0. The first-order chi connectivity index (χ1) is 25.7. The molecule has 2 aromatic carbocycles. The predicted molar refractivity (Wildman–Crippen MR) is 193 cm³/mol. The second-order valence-corrected chi connectivity index (χ2v) is 13.1. The van der Waals surface area contributed by atoms with Gasteiger partial charge < -0.3 is 42.6 Å². The molecule has 3 rings (SSSR count). The van der Waals surface area contributed by atoms with E-state index in [2.05, 4.69) is 6.07 Å². The van der Waals surface area contributed by atoms with Crippen LogP contribution in [-0.4, -0.2) is 108 Å². The van der Waals surface area contributed by atoms with E-state index in [1.54, 1.807) is 18.2 Å². The van der Waals surface area contributed by atoms with Gasteiger partial charge in [0.25, 0.3) is 0 Å². The van der Waals surface area contributed by atoms with Gasteiger partial charge in [-0.05, 0) is 60.6 Å². The molecule has 0 aromatic heterocycles. The summed E-state index contributed by atoms with van der Waals surface area (Å²) in [6, 6.07) is 13.5. The number of hydrogen-bond donors (Lipinski definition) is 0. The Labute approximate surface area is 316 Å². The van der Waals surface area contributed by atoms with Crippen molar-refractivity contribution in [3.05, 3.63) is 47.5 Å². The molecule has 1 heterocycles. The van der Waals surface area contributed by atoms with Crippen molar-refractivity contribution in [2.24, 2.45) is 5.92 Å². The average molecular weight is 757 g/mol. The fourth-order valence-electron chi connectivity index (χ4n) is 6.76. The predicted octanol–water partition coefficient (Wildman–Crippen LogP) is 4.16. The van der Waals surface area contributed by atoms with Crippen LogP contribution in [0.5, 0.6) is 23.0 Å². The third kappa shape index (κ3) is 10.3. The molecular weight excluding hydrogens is 704 g/mol. The van der Waals surface area contributed by atoms with Crippen molar-refractivity contribution >= 4 is 23.9 Å². The molecule has 0 radical (unpaired) electrons. The number of rotatable bonds is 18. The minimum atomic E-state index is -1.57. The Hall–Kier alpha value is -5.07. The average Bonchev–Trinajstić information content (AvgIpc) is 3.14. The van der Waals surface area contributed by atoms with Crippen LogP contribution in [0, 0.1) is 17.2 Å². The first-order valence-electron chi connectivity index (χ1n) is 17.5. The Kier molecular flexibility index (Phi) is 15.9. The number of nitriles is 1. The van der Waals surface area contributed by atoms with Gasteiger partial charge in [-0.3, -0.25) is 19.3 Å². The van der Waals surface area contributed by atoms with Crippen molar-refractivity contribution < 1.29 is 61.8 Å². The van der Waals surface area contributed by atoms with Gasteiger partial charge in [-0.2, -0.15) is 5.26 Å². The van der Waals surface area contributed by atoms with Crippen LogP contribution in [0.15, 0.2) is 36.4 Å². The maximum atomic E-state index is 13.2. The van der Waals surface area contributed by atoms with E-state index >= 15 is 0 Å². The molecule has 1 saturated heterocycles. The number of carbonyl (C=O) groups excluding carboxylic acids is 4. The van der Waals surface area contributed by atoms with Gasteiger partial charge in [0, 0.05) is 33.9 Å². The molecule has 15 nitrogen and oxygen atoms in total. The minimum absolute atomic E-state index is 0.137. The van der Waals surface area contributed by atoms with E-state index in [9.17, 15) is 24.4 Å². The van der Waals surface area contributed by atoms with E-state index in [0.29, 0.717) is 42.3 Å². The molecule has 296 valence electrons. The highest BCUT2D eigenvalue weighted by Gasteiger charge is 2.56. The van der Waals surface area contributed by atoms with Gasteiger partial charge in [0.2, 0.25) is 0 Å². The van der Waals surface area contributed by atoms with Gasteiger partial charge in [0.1, 0.15) is 0 Å². The van der Waals surface area contributed by atoms with Gasteiger partial charge in [0.05, 0.1) is 47.0 Å². The lowest BCUT2D eigenvalue weighted by atomic mass is 9.69. The molecule has 0 saturated carbocycles. The second-order valence-electron chi connectivity index (χ2n) is 13.1. The van der Waals surface area contributed by atoms with Gasteiger partial charge in [-0.1, -0.05) is 26.0 Å². The van der Waals surface area contributed by atoms with E-state index < -0.39 is 59.9 Å². The lowest BCUT2D eigenvalue weighted by molar-refractivity contribution is -0.273. The Morgan fingerprint density at radius 3 is 1.81 bits per heavy atom. The van der Waals surface area contributed by atoms with E-state index in [-0.39, 0.29) is 19.0 Å². The minimum Gasteiger partial charge on any atom is -0.493 e. The highest BCUT2D eigenvalue weighted by molar-refractivity contribution is 5.77. The van der Waals surface area contributed by atoms with E-state index in [1.807, 2.05) is 36.9 Å².